The number of aromatic nitrogens is 3. The summed E-state index contributed by atoms with van der Waals surface area (Å²) in [7, 11) is 0. The van der Waals surface area contributed by atoms with Crippen LogP contribution in [0.4, 0.5) is 0 Å². The first-order chi connectivity index (χ1) is 9.56. The van der Waals surface area contributed by atoms with Gasteiger partial charge in [-0.1, -0.05) is 11.3 Å². The third-order valence-corrected chi connectivity index (χ3v) is 3.87. The fourth-order valence-electron chi connectivity index (χ4n) is 1.99. The van der Waals surface area contributed by atoms with E-state index in [1.165, 1.54) is 0 Å². The Bertz CT molecular complexity index is 615. The first-order valence-electron chi connectivity index (χ1n) is 6.46. The molecule has 0 aliphatic carbocycles. The predicted octanol–water partition coefficient (Wildman–Crippen LogP) is 1.01. The van der Waals surface area contributed by atoms with E-state index in [0.717, 1.165) is 17.0 Å². The Labute approximate surface area is 121 Å². The zero-order chi connectivity index (χ0) is 14.5. The second-order valence-corrected chi connectivity index (χ2v) is 5.59. The Morgan fingerprint density at radius 2 is 2.35 bits per heavy atom. The molecule has 20 heavy (non-hydrogen) atoms. The highest BCUT2D eigenvalue weighted by Crippen LogP contribution is 2.01. The number of carbonyl (C=O) groups excluding carboxylic acids is 1. The van der Waals surface area contributed by atoms with E-state index in [2.05, 4.69) is 10.3 Å². The molecule has 7 heteroatoms. The van der Waals surface area contributed by atoms with Crippen molar-refractivity contribution in [3.63, 3.8) is 0 Å². The fourth-order valence-corrected chi connectivity index (χ4v) is 2.75. The molecule has 108 valence electrons. The lowest BCUT2D eigenvalue weighted by Crippen LogP contribution is -2.36. The van der Waals surface area contributed by atoms with Gasteiger partial charge in [0.2, 0.25) is 5.91 Å². The lowest BCUT2D eigenvalue weighted by atomic mass is 10.3. The lowest BCUT2D eigenvalue weighted by Gasteiger charge is -2.14. The largest absolute Gasteiger partial charge is 0.352 e. The Morgan fingerprint density at radius 1 is 1.55 bits per heavy atom. The molecule has 2 rings (SSSR count). The van der Waals surface area contributed by atoms with Crippen LogP contribution in [0.15, 0.2) is 28.9 Å². The quantitative estimate of drug-likeness (QED) is 0.864. The highest BCUT2D eigenvalue weighted by Gasteiger charge is 2.09. The maximum Gasteiger partial charge on any atom is 0.307 e. The average molecular weight is 294 g/mol. The molecule has 2 heterocycles. The van der Waals surface area contributed by atoms with Crippen LogP contribution in [-0.4, -0.2) is 26.1 Å². The molecule has 0 aliphatic heterocycles. The number of carbonyl (C=O) groups is 1. The Balaban J connectivity index is 1.79. The van der Waals surface area contributed by atoms with Crippen molar-refractivity contribution in [3.8, 4) is 0 Å². The average Bonchev–Trinajstić information content (AvgIpc) is 2.98. The summed E-state index contributed by atoms with van der Waals surface area (Å²) in [5.74, 6) is -0.0462. The van der Waals surface area contributed by atoms with Crippen LogP contribution in [0.3, 0.4) is 0 Å². The number of hydrogen-bond acceptors (Lipinski definition) is 4. The molecule has 0 spiro atoms. The minimum atomic E-state index is -0.0462. The molecule has 0 bridgehead atoms. The van der Waals surface area contributed by atoms with Gasteiger partial charge in [0.1, 0.15) is 0 Å². The van der Waals surface area contributed by atoms with Gasteiger partial charge in [-0.25, -0.2) is 4.98 Å². The van der Waals surface area contributed by atoms with Gasteiger partial charge < -0.3 is 14.5 Å². The molecule has 2 aromatic heterocycles. The van der Waals surface area contributed by atoms with E-state index in [1.807, 2.05) is 30.0 Å². The number of rotatable bonds is 6. The van der Waals surface area contributed by atoms with E-state index in [1.54, 1.807) is 17.1 Å². The summed E-state index contributed by atoms with van der Waals surface area (Å²) < 4.78 is 3.54. The molecule has 0 saturated carbocycles. The molecule has 0 saturated heterocycles. The van der Waals surface area contributed by atoms with E-state index >= 15 is 0 Å². The highest BCUT2D eigenvalue weighted by molar-refractivity contribution is 7.07. The topological polar surface area (TPSA) is 68.9 Å². The van der Waals surface area contributed by atoms with Crippen LogP contribution in [0.1, 0.15) is 19.0 Å². The minimum Gasteiger partial charge on any atom is -0.352 e. The maximum atomic E-state index is 11.9. The smallest absolute Gasteiger partial charge is 0.307 e. The van der Waals surface area contributed by atoms with Crippen molar-refractivity contribution < 1.29 is 4.79 Å². The van der Waals surface area contributed by atoms with Crippen molar-refractivity contribution in [2.45, 2.75) is 39.4 Å². The molecule has 0 aliphatic rings. The van der Waals surface area contributed by atoms with Crippen molar-refractivity contribution in [2.75, 3.05) is 0 Å². The van der Waals surface area contributed by atoms with Gasteiger partial charge in [-0.3, -0.25) is 9.59 Å². The van der Waals surface area contributed by atoms with Gasteiger partial charge in [-0.15, -0.1) is 0 Å². The highest BCUT2D eigenvalue weighted by atomic mass is 32.1. The van der Waals surface area contributed by atoms with Gasteiger partial charge in [-0.2, -0.15) is 0 Å². The second-order valence-electron chi connectivity index (χ2n) is 4.77. The summed E-state index contributed by atoms with van der Waals surface area (Å²) in [6.45, 7) is 4.93. The number of amides is 1. The maximum absolute atomic E-state index is 11.9. The number of imidazole rings is 1. The predicted molar refractivity (Wildman–Crippen MR) is 77.8 cm³/mol. The number of hydrogen-bond donors (Lipinski definition) is 1. The van der Waals surface area contributed by atoms with Crippen LogP contribution in [0.2, 0.25) is 0 Å². The van der Waals surface area contributed by atoms with Gasteiger partial charge in [0.25, 0.3) is 0 Å². The van der Waals surface area contributed by atoms with Gasteiger partial charge in [-0.05, 0) is 13.8 Å². The molecular weight excluding hydrogens is 276 g/mol. The molecular formula is C13H18N4O2S. The summed E-state index contributed by atoms with van der Waals surface area (Å²) in [4.78, 5) is 27.3. The number of nitrogens with zero attached hydrogens (tertiary/aromatic N) is 3. The molecule has 1 unspecified atom stereocenters. The van der Waals surface area contributed by atoms with E-state index in [9.17, 15) is 9.59 Å². The monoisotopic (exact) mass is 294 g/mol. The third-order valence-electron chi connectivity index (χ3n) is 2.99. The Kier molecular flexibility index (Phi) is 4.73. The van der Waals surface area contributed by atoms with Crippen LogP contribution in [0.5, 0.6) is 0 Å². The molecule has 0 fully saturated rings. The molecule has 0 radical (unpaired) electrons. The Hall–Kier alpha value is -1.89. The van der Waals surface area contributed by atoms with Gasteiger partial charge in [0.15, 0.2) is 0 Å². The summed E-state index contributed by atoms with van der Waals surface area (Å²) >= 11 is 1.16. The standard InChI is InChI=1S/C13H18N4O2S/c1-10(7-16-6-4-14-9-16)15-12(18)3-5-17-11(2)8-20-13(17)19/h4,6,8-10H,3,5,7H2,1-2H3,(H,15,18). The van der Waals surface area contributed by atoms with Crippen LogP contribution in [0.25, 0.3) is 0 Å². The molecule has 0 aromatic carbocycles. The third kappa shape index (κ3) is 3.80. The minimum absolute atomic E-state index is 0.0123. The van der Waals surface area contributed by atoms with E-state index in [-0.39, 0.29) is 16.8 Å². The molecule has 1 N–H and O–H groups in total. The van der Waals surface area contributed by atoms with E-state index in [0.29, 0.717) is 19.5 Å². The molecule has 1 atom stereocenters. The number of thiazole rings is 1. The molecule has 6 nitrogen and oxygen atoms in total. The van der Waals surface area contributed by atoms with Crippen molar-refractivity contribution in [1.82, 2.24) is 19.4 Å². The normalized spacial score (nSPS) is 12.3. The summed E-state index contributed by atoms with van der Waals surface area (Å²) in [6.07, 6.45) is 5.60. The molecule has 2 aromatic rings. The zero-order valence-electron chi connectivity index (χ0n) is 11.6. The summed E-state index contributed by atoms with van der Waals surface area (Å²) in [6, 6.07) is 0.0250. The SMILES string of the molecule is Cc1csc(=O)n1CCC(=O)NC(C)Cn1ccnc1. The van der Waals surface area contributed by atoms with Crippen molar-refractivity contribution >= 4 is 17.2 Å². The number of nitrogens with one attached hydrogen (secondary N) is 1. The number of aryl methyl sites for hydroxylation is 1. The first-order valence-corrected chi connectivity index (χ1v) is 7.34. The zero-order valence-corrected chi connectivity index (χ0v) is 12.4. The van der Waals surface area contributed by atoms with E-state index < -0.39 is 0 Å². The van der Waals surface area contributed by atoms with Gasteiger partial charge in [0.05, 0.1) is 6.33 Å². The van der Waals surface area contributed by atoms with Gasteiger partial charge in [0, 0.05) is 49.0 Å². The van der Waals surface area contributed by atoms with Crippen LogP contribution in [-0.2, 0) is 17.9 Å². The van der Waals surface area contributed by atoms with Crippen molar-refractivity contribution in [1.29, 1.82) is 0 Å². The fraction of sp³-hybridized carbons (Fsp3) is 0.462. The van der Waals surface area contributed by atoms with Crippen molar-refractivity contribution in [3.05, 3.63) is 39.5 Å². The van der Waals surface area contributed by atoms with Crippen LogP contribution < -0.4 is 10.2 Å². The second kappa shape index (κ2) is 6.51. The Morgan fingerprint density at radius 3 is 2.95 bits per heavy atom. The van der Waals surface area contributed by atoms with Crippen LogP contribution in [0, 0.1) is 6.92 Å². The van der Waals surface area contributed by atoms with E-state index in [4.69, 9.17) is 0 Å². The van der Waals surface area contributed by atoms with Crippen molar-refractivity contribution in [2.24, 2.45) is 0 Å². The summed E-state index contributed by atoms with van der Waals surface area (Å²) in [5.41, 5.74) is 0.902. The van der Waals surface area contributed by atoms with Crippen LogP contribution >= 0.6 is 11.3 Å². The summed E-state index contributed by atoms with van der Waals surface area (Å²) in [5, 5.41) is 4.73. The lowest BCUT2D eigenvalue weighted by molar-refractivity contribution is -0.122. The van der Waals surface area contributed by atoms with Gasteiger partial charge >= 0.3 is 4.87 Å². The molecule has 1 amide bonds. The first kappa shape index (κ1) is 14.5.